The van der Waals surface area contributed by atoms with Gasteiger partial charge < -0.3 is 10.2 Å². The molecule has 1 N–H and O–H groups in total. The SMILES string of the molecule is CC(=O)N[C@H](C(=O)N1CCN(S(=O)(=O)c2ccc(F)cc2F)CC1)C(C)C. The van der Waals surface area contributed by atoms with Crippen LogP contribution in [0.15, 0.2) is 23.1 Å². The topological polar surface area (TPSA) is 86.8 Å². The van der Waals surface area contributed by atoms with Gasteiger partial charge in [0, 0.05) is 39.2 Å². The van der Waals surface area contributed by atoms with Crippen molar-refractivity contribution in [1.29, 1.82) is 0 Å². The Hall–Kier alpha value is -2.07. The summed E-state index contributed by atoms with van der Waals surface area (Å²) in [5, 5.41) is 2.61. The maximum Gasteiger partial charge on any atom is 0.246 e. The highest BCUT2D eigenvalue weighted by Crippen LogP contribution is 2.22. The molecule has 0 unspecified atom stereocenters. The third kappa shape index (κ3) is 4.81. The number of hydrogen-bond donors (Lipinski definition) is 1. The summed E-state index contributed by atoms with van der Waals surface area (Å²) in [7, 11) is -4.13. The predicted octanol–water partition coefficient (Wildman–Crippen LogP) is 0.958. The number of amides is 2. The highest BCUT2D eigenvalue weighted by Gasteiger charge is 2.34. The van der Waals surface area contributed by atoms with Crippen LogP contribution in [0.25, 0.3) is 0 Å². The Morgan fingerprint density at radius 1 is 1.11 bits per heavy atom. The van der Waals surface area contributed by atoms with E-state index in [0.29, 0.717) is 6.07 Å². The lowest BCUT2D eigenvalue weighted by molar-refractivity contribution is -0.138. The Morgan fingerprint density at radius 2 is 1.70 bits per heavy atom. The van der Waals surface area contributed by atoms with Gasteiger partial charge in [-0.2, -0.15) is 4.31 Å². The fourth-order valence-corrected chi connectivity index (χ4v) is 4.37. The molecule has 0 bridgehead atoms. The normalized spacial score (nSPS) is 17.0. The summed E-state index contributed by atoms with van der Waals surface area (Å²) in [6, 6.07) is 1.60. The van der Waals surface area contributed by atoms with Gasteiger partial charge in [0.15, 0.2) is 0 Å². The number of sulfonamides is 1. The number of rotatable bonds is 5. The molecule has 7 nitrogen and oxygen atoms in total. The van der Waals surface area contributed by atoms with Crippen LogP contribution in [0.5, 0.6) is 0 Å². The number of nitrogens with zero attached hydrogens (tertiary/aromatic N) is 2. The Kier molecular flexibility index (Phi) is 6.53. The first-order chi connectivity index (χ1) is 12.5. The maximum absolute atomic E-state index is 13.9. The van der Waals surface area contributed by atoms with E-state index in [0.717, 1.165) is 16.4 Å². The van der Waals surface area contributed by atoms with Crippen molar-refractivity contribution in [2.75, 3.05) is 26.2 Å². The van der Waals surface area contributed by atoms with Gasteiger partial charge in [0.25, 0.3) is 0 Å². The summed E-state index contributed by atoms with van der Waals surface area (Å²) in [6.45, 7) is 5.12. The molecule has 0 aromatic heterocycles. The number of halogens is 2. The minimum absolute atomic E-state index is 0.0181. The van der Waals surface area contributed by atoms with E-state index in [1.165, 1.54) is 11.8 Å². The van der Waals surface area contributed by atoms with Crippen molar-refractivity contribution in [3.8, 4) is 0 Å². The van der Waals surface area contributed by atoms with Gasteiger partial charge in [-0.3, -0.25) is 9.59 Å². The number of hydrogen-bond acceptors (Lipinski definition) is 4. The van der Waals surface area contributed by atoms with E-state index in [1.54, 1.807) is 13.8 Å². The van der Waals surface area contributed by atoms with Crippen LogP contribution in [0.4, 0.5) is 8.78 Å². The van der Waals surface area contributed by atoms with Crippen LogP contribution in [0.3, 0.4) is 0 Å². The lowest BCUT2D eigenvalue weighted by Gasteiger charge is -2.36. The van der Waals surface area contributed by atoms with Crippen molar-refractivity contribution in [3.05, 3.63) is 29.8 Å². The number of piperazine rings is 1. The Balaban J connectivity index is 2.09. The molecule has 0 saturated carbocycles. The standard InChI is InChI=1S/C17H23F2N3O4S/c1-11(2)16(20-12(3)23)17(24)21-6-8-22(9-7-21)27(25,26)15-5-4-13(18)10-14(15)19/h4-5,10-11,16H,6-9H2,1-3H3,(H,20,23)/t16-/m0/s1. The van der Waals surface area contributed by atoms with Crippen molar-refractivity contribution >= 4 is 21.8 Å². The average Bonchev–Trinajstić information content (AvgIpc) is 2.58. The van der Waals surface area contributed by atoms with Gasteiger partial charge in [-0.05, 0) is 18.1 Å². The summed E-state index contributed by atoms with van der Waals surface area (Å²) in [4.78, 5) is 24.8. The Morgan fingerprint density at radius 3 is 2.19 bits per heavy atom. The number of benzene rings is 1. The van der Waals surface area contributed by atoms with Gasteiger partial charge in [0.1, 0.15) is 22.6 Å². The lowest BCUT2D eigenvalue weighted by atomic mass is 10.0. The zero-order chi connectivity index (χ0) is 20.4. The minimum Gasteiger partial charge on any atom is -0.344 e. The number of carbonyl (C=O) groups is 2. The number of nitrogens with one attached hydrogen (secondary N) is 1. The fraction of sp³-hybridized carbons (Fsp3) is 0.529. The Labute approximate surface area is 157 Å². The molecule has 1 fully saturated rings. The second kappa shape index (κ2) is 8.30. The van der Waals surface area contributed by atoms with Crippen LogP contribution in [0, 0.1) is 17.6 Å². The first kappa shape index (κ1) is 21.2. The summed E-state index contributed by atoms with van der Waals surface area (Å²) in [6.07, 6.45) is 0. The zero-order valence-corrected chi connectivity index (χ0v) is 16.2. The second-order valence-corrected chi connectivity index (χ2v) is 8.63. The highest BCUT2D eigenvalue weighted by molar-refractivity contribution is 7.89. The summed E-state index contributed by atoms with van der Waals surface area (Å²) in [5.74, 6) is -2.75. The molecule has 1 aromatic rings. The molecule has 27 heavy (non-hydrogen) atoms. The molecule has 10 heteroatoms. The van der Waals surface area contributed by atoms with Crippen LogP contribution < -0.4 is 5.32 Å². The van der Waals surface area contributed by atoms with Crippen LogP contribution in [-0.4, -0.2) is 61.7 Å². The average molecular weight is 403 g/mol. The predicted molar refractivity (Wildman–Crippen MR) is 94.1 cm³/mol. The summed E-state index contributed by atoms with van der Waals surface area (Å²) < 4.78 is 53.1. The van der Waals surface area contributed by atoms with E-state index in [4.69, 9.17) is 0 Å². The second-order valence-electron chi connectivity index (χ2n) is 6.73. The molecular weight excluding hydrogens is 380 g/mol. The van der Waals surface area contributed by atoms with Crippen LogP contribution in [0.1, 0.15) is 20.8 Å². The molecule has 2 rings (SSSR count). The van der Waals surface area contributed by atoms with Gasteiger partial charge in [-0.15, -0.1) is 0 Å². The third-order valence-corrected chi connectivity index (χ3v) is 6.29. The molecule has 150 valence electrons. The lowest BCUT2D eigenvalue weighted by Crippen LogP contribution is -2.56. The van der Waals surface area contributed by atoms with Gasteiger partial charge in [0.2, 0.25) is 21.8 Å². The van der Waals surface area contributed by atoms with Crippen molar-refractivity contribution in [1.82, 2.24) is 14.5 Å². The smallest absolute Gasteiger partial charge is 0.246 e. The molecule has 1 heterocycles. The minimum atomic E-state index is -4.13. The molecule has 1 atom stereocenters. The maximum atomic E-state index is 13.9. The summed E-state index contributed by atoms with van der Waals surface area (Å²) in [5.41, 5.74) is 0. The van der Waals surface area contributed by atoms with Crippen LogP contribution >= 0.6 is 0 Å². The molecule has 2 amide bonds. The fourth-order valence-electron chi connectivity index (χ4n) is 2.90. The van der Waals surface area contributed by atoms with Gasteiger partial charge in [-0.25, -0.2) is 17.2 Å². The van der Waals surface area contributed by atoms with E-state index in [9.17, 15) is 26.8 Å². The van der Waals surface area contributed by atoms with Crippen molar-refractivity contribution in [2.24, 2.45) is 5.92 Å². The van der Waals surface area contributed by atoms with Gasteiger partial charge >= 0.3 is 0 Å². The largest absolute Gasteiger partial charge is 0.344 e. The first-order valence-electron chi connectivity index (χ1n) is 8.55. The molecule has 1 aromatic carbocycles. The van der Waals surface area contributed by atoms with E-state index in [-0.39, 0.29) is 43.9 Å². The van der Waals surface area contributed by atoms with Crippen molar-refractivity contribution < 1.29 is 26.8 Å². The van der Waals surface area contributed by atoms with Gasteiger partial charge in [-0.1, -0.05) is 13.8 Å². The van der Waals surface area contributed by atoms with E-state index >= 15 is 0 Å². The quantitative estimate of drug-likeness (QED) is 0.793. The molecule has 0 spiro atoms. The first-order valence-corrected chi connectivity index (χ1v) is 9.99. The van der Waals surface area contributed by atoms with E-state index in [1.807, 2.05) is 0 Å². The van der Waals surface area contributed by atoms with E-state index in [2.05, 4.69) is 5.32 Å². The van der Waals surface area contributed by atoms with Crippen LogP contribution in [-0.2, 0) is 19.6 Å². The Bertz CT molecular complexity index is 821. The van der Waals surface area contributed by atoms with Gasteiger partial charge in [0.05, 0.1) is 0 Å². The molecular formula is C17H23F2N3O4S. The van der Waals surface area contributed by atoms with Crippen molar-refractivity contribution in [3.63, 3.8) is 0 Å². The zero-order valence-electron chi connectivity index (χ0n) is 15.4. The molecule has 0 radical (unpaired) electrons. The molecule has 1 aliphatic rings. The molecule has 1 aliphatic heterocycles. The van der Waals surface area contributed by atoms with E-state index < -0.39 is 32.6 Å². The monoisotopic (exact) mass is 403 g/mol. The third-order valence-electron chi connectivity index (χ3n) is 4.35. The molecule has 0 aliphatic carbocycles. The molecule has 1 saturated heterocycles. The highest BCUT2D eigenvalue weighted by atomic mass is 32.2. The van der Waals surface area contributed by atoms with Crippen molar-refractivity contribution in [2.45, 2.75) is 31.7 Å². The summed E-state index contributed by atoms with van der Waals surface area (Å²) >= 11 is 0. The number of carbonyl (C=O) groups excluding carboxylic acids is 2. The van der Waals surface area contributed by atoms with Crippen LogP contribution in [0.2, 0.25) is 0 Å².